The summed E-state index contributed by atoms with van der Waals surface area (Å²) in [5.74, 6) is 0.482. The fraction of sp³-hybridized carbons (Fsp3) is 0.519. The van der Waals surface area contributed by atoms with Crippen molar-refractivity contribution in [2.24, 2.45) is 5.10 Å². The van der Waals surface area contributed by atoms with Gasteiger partial charge in [0.2, 0.25) is 0 Å². The van der Waals surface area contributed by atoms with E-state index in [-0.39, 0.29) is 24.5 Å². The standard InChI is InChI=1S/C27H37N5O4S/c1-27(2,3)28-26(34)31(12-11-30-13-15-36-16-14-30)19-25(33)32-22(20-8-5-6-9-23(20)35-4)18-21(29-32)24-10-7-17-37-24/h5-10,17,22H,11-16,18-19H2,1-4H3,(H,28,34). The molecule has 10 heteroatoms. The van der Waals surface area contributed by atoms with Crippen molar-refractivity contribution in [3.8, 4) is 5.75 Å². The van der Waals surface area contributed by atoms with Crippen LogP contribution < -0.4 is 10.1 Å². The molecule has 37 heavy (non-hydrogen) atoms. The lowest BCUT2D eigenvalue weighted by Crippen LogP contribution is -2.53. The normalized spacial score (nSPS) is 18.4. The molecule has 1 saturated heterocycles. The second-order valence-corrected chi connectivity index (χ2v) is 11.2. The number of amides is 3. The highest BCUT2D eigenvalue weighted by Gasteiger charge is 2.36. The van der Waals surface area contributed by atoms with E-state index < -0.39 is 5.54 Å². The van der Waals surface area contributed by atoms with E-state index in [4.69, 9.17) is 14.6 Å². The summed E-state index contributed by atoms with van der Waals surface area (Å²) in [6, 6.07) is 11.1. The first-order valence-corrected chi connectivity index (χ1v) is 13.6. The molecule has 1 unspecified atom stereocenters. The van der Waals surface area contributed by atoms with Gasteiger partial charge in [-0.2, -0.15) is 5.10 Å². The van der Waals surface area contributed by atoms with E-state index in [1.54, 1.807) is 28.4 Å². The van der Waals surface area contributed by atoms with Crippen LogP contribution in [0.4, 0.5) is 4.79 Å². The van der Waals surface area contributed by atoms with Crippen molar-refractivity contribution >= 4 is 29.0 Å². The molecule has 0 bridgehead atoms. The van der Waals surface area contributed by atoms with Gasteiger partial charge in [-0.1, -0.05) is 24.3 Å². The van der Waals surface area contributed by atoms with Crippen molar-refractivity contribution < 1.29 is 19.1 Å². The third kappa shape index (κ3) is 7.09. The van der Waals surface area contributed by atoms with Crippen LogP contribution in [0, 0.1) is 0 Å². The number of methoxy groups -OCH3 is 1. The highest BCUT2D eigenvalue weighted by atomic mass is 32.1. The number of hydrogen-bond acceptors (Lipinski definition) is 7. The van der Waals surface area contributed by atoms with Crippen LogP contribution in [0.1, 0.15) is 43.7 Å². The minimum Gasteiger partial charge on any atom is -0.496 e. The van der Waals surface area contributed by atoms with Gasteiger partial charge in [0, 0.05) is 43.7 Å². The third-order valence-electron chi connectivity index (χ3n) is 6.35. The molecule has 2 aromatic rings. The molecular formula is C27H37N5O4S. The number of thiophene rings is 1. The summed E-state index contributed by atoms with van der Waals surface area (Å²) in [4.78, 5) is 31.9. The lowest BCUT2D eigenvalue weighted by Gasteiger charge is -2.33. The number of hydrazone groups is 1. The topological polar surface area (TPSA) is 86.7 Å². The van der Waals surface area contributed by atoms with E-state index in [1.807, 2.05) is 62.5 Å². The van der Waals surface area contributed by atoms with E-state index in [0.717, 1.165) is 29.2 Å². The van der Waals surface area contributed by atoms with Crippen molar-refractivity contribution in [3.63, 3.8) is 0 Å². The second kappa shape index (κ2) is 12.1. The molecule has 200 valence electrons. The summed E-state index contributed by atoms with van der Waals surface area (Å²) < 4.78 is 11.1. The highest BCUT2D eigenvalue weighted by Crippen LogP contribution is 2.38. The van der Waals surface area contributed by atoms with E-state index in [2.05, 4.69) is 10.2 Å². The average molecular weight is 528 g/mol. The molecule has 0 aliphatic carbocycles. The summed E-state index contributed by atoms with van der Waals surface area (Å²) in [7, 11) is 1.63. The Balaban J connectivity index is 1.57. The summed E-state index contributed by atoms with van der Waals surface area (Å²) >= 11 is 1.60. The average Bonchev–Trinajstić information content (AvgIpc) is 3.56. The van der Waals surface area contributed by atoms with Gasteiger partial charge in [-0.3, -0.25) is 9.69 Å². The SMILES string of the molecule is COc1ccccc1C1CC(c2cccs2)=NN1C(=O)CN(CCN1CCOCC1)C(=O)NC(C)(C)C. The van der Waals surface area contributed by atoms with Gasteiger partial charge < -0.3 is 19.7 Å². The first kappa shape index (κ1) is 27.1. The van der Waals surface area contributed by atoms with E-state index in [1.165, 1.54) is 0 Å². The van der Waals surface area contributed by atoms with Crippen LogP contribution in [0.25, 0.3) is 0 Å². The zero-order valence-corrected chi connectivity index (χ0v) is 22.9. The van der Waals surface area contributed by atoms with Gasteiger partial charge >= 0.3 is 6.03 Å². The highest BCUT2D eigenvalue weighted by molar-refractivity contribution is 7.12. The zero-order valence-electron chi connectivity index (χ0n) is 22.1. The molecule has 3 heterocycles. The number of nitrogens with one attached hydrogen (secondary N) is 1. The van der Waals surface area contributed by atoms with Crippen LogP contribution in [0.2, 0.25) is 0 Å². The van der Waals surface area contributed by atoms with Crippen LogP contribution in [-0.4, -0.2) is 91.0 Å². The molecule has 9 nitrogen and oxygen atoms in total. The summed E-state index contributed by atoms with van der Waals surface area (Å²) in [5.41, 5.74) is 1.33. The predicted octanol–water partition coefficient (Wildman–Crippen LogP) is 3.58. The van der Waals surface area contributed by atoms with E-state index in [0.29, 0.717) is 38.5 Å². The number of carbonyl (C=O) groups is 2. The lowest BCUT2D eigenvalue weighted by atomic mass is 10.00. The number of morpholine rings is 1. The smallest absolute Gasteiger partial charge is 0.318 e. The fourth-order valence-electron chi connectivity index (χ4n) is 4.49. The van der Waals surface area contributed by atoms with Crippen LogP contribution in [0.3, 0.4) is 0 Å². The van der Waals surface area contributed by atoms with Crippen molar-refractivity contribution in [1.29, 1.82) is 0 Å². The summed E-state index contributed by atoms with van der Waals surface area (Å²) in [6.45, 7) is 9.84. The fourth-order valence-corrected chi connectivity index (χ4v) is 5.21. The second-order valence-electron chi connectivity index (χ2n) is 10.3. The molecule has 0 saturated carbocycles. The maximum absolute atomic E-state index is 13.8. The molecular weight excluding hydrogens is 490 g/mol. The Morgan fingerprint density at radius 2 is 1.95 bits per heavy atom. The molecule has 1 N–H and O–H groups in total. The van der Waals surface area contributed by atoms with Gasteiger partial charge in [0.1, 0.15) is 12.3 Å². The number of nitrogens with zero attached hydrogens (tertiary/aromatic N) is 4. The Morgan fingerprint density at radius 3 is 2.62 bits per heavy atom. The molecule has 0 spiro atoms. The van der Waals surface area contributed by atoms with E-state index in [9.17, 15) is 9.59 Å². The molecule has 3 amide bonds. The third-order valence-corrected chi connectivity index (χ3v) is 7.27. The van der Waals surface area contributed by atoms with Crippen LogP contribution >= 0.6 is 11.3 Å². The maximum Gasteiger partial charge on any atom is 0.318 e. The first-order valence-electron chi connectivity index (χ1n) is 12.7. The largest absolute Gasteiger partial charge is 0.496 e. The van der Waals surface area contributed by atoms with Gasteiger partial charge in [-0.25, -0.2) is 9.80 Å². The zero-order chi connectivity index (χ0) is 26.4. The summed E-state index contributed by atoms with van der Waals surface area (Å²) in [6.07, 6.45) is 0.578. The maximum atomic E-state index is 13.8. The minimum atomic E-state index is -0.421. The first-order chi connectivity index (χ1) is 17.7. The van der Waals surface area contributed by atoms with Crippen molar-refractivity contribution in [3.05, 3.63) is 52.2 Å². The van der Waals surface area contributed by atoms with Crippen molar-refractivity contribution in [1.82, 2.24) is 20.1 Å². The van der Waals surface area contributed by atoms with Gasteiger partial charge in [0.25, 0.3) is 5.91 Å². The Hall–Kier alpha value is -2.95. The summed E-state index contributed by atoms with van der Waals surface area (Å²) in [5, 5.41) is 11.3. The molecule has 1 atom stereocenters. The van der Waals surface area contributed by atoms with Crippen molar-refractivity contribution in [2.75, 3.05) is 53.0 Å². The number of benzene rings is 1. The van der Waals surface area contributed by atoms with Crippen LogP contribution in [0.15, 0.2) is 46.9 Å². The molecule has 1 aromatic heterocycles. The van der Waals surface area contributed by atoms with Gasteiger partial charge in [-0.15, -0.1) is 11.3 Å². The number of carbonyl (C=O) groups excluding carboxylic acids is 2. The van der Waals surface area contributed by atoms with Gasteiger partial charge in [-0.05, 0) is 38.3 Å². The van der Waals surface area contributed by atoms with Gasteiger partial charge in [0.05, 0.1) is 37.0 Å². The minimum absolute atomic E-state index is 0.0703. The quantitative estimate of drug-likeness (QED) is 0.567. The number of para-hydroxylation sites is 1. The predicted molar refractivity (Wildman–Crippen MR) is 145 cm³/mol. The molecule has 2 aliphatic heterocycles. The molecule has 4 rings (SSSR count). The molecule has 0 radical (unpaired) electrons. The molecule has 1 fully saturated rings. The number of rotatable bonds is 8. The Morgan fingerprint density at radius 1 is 1.19 bits per heavy atom. The Bertz CT molecular complexity index is 1090. The lowest BCUT2D eigenvalue weighted by molar-refractivity contribution is -0.133. The van der Waals surface area contributed by atoms with Crippen LogP contribution in [0.5, 0.6) is 5.75 Å². The van der Waals surface area contributed by atoms with E-state index >= 15 is 0 Å². The Kier molecular flexibility index (Phi) is 8.83. The monoisotopic (exact) mass is 527 g/mol. The number of urea groups is 1. The Labute approximate surface area is 223 Å². The van der Waals surface area contributed by atoms with Crippen molar-refractivity contribution in [2.45, 2.75) is 38.8 Å². The van der Waals surface area contributed by atoms with Gasteiger partial charge in [0.15, 0.2) is 0 Å². The molecule has 1 aromatic carbocycles. The molecule has 2 aliphatic rings. The number of hydrogen-bond donors (Lipinski definition) is 1. The number of ether oxygens (including phenoxy) is 2. The van der Waals surface area contributed by atoms with Crippen LogP contribution in [-0.2, 0) is 9.53 Å².